The van der Waals surface area contributed by atoms with Crippen molar-refractivity contribution in [3.05, 3.63) is 38.4 Å². The molecule has 2 atom stereocenters. The number of anilines is 1. The van der Waals surface area contributed by atoms with Crippen molar-refractivity contribution < 1.29 is 9.85 Å². The number of rotatable bonds is 4. The molecule has 3 N–H and O–H groups in total. The Morgan fingerprint density at radius 3 is 2.41 bits per heavy atom. The highest BCUT2D eigenvalue weighted by Crippen LogP contribution is 2.32. The second kappa shape index (κ2) is 3.98. The number of nitrogens with two attached hydrogens (primary N) is 1. The first-order chi connectivity index (χ1) is 7.99. The largest absolute Gasteiger partial charge is 0.375 e. The molecular weight excluding hydrogens is 228 g/mol. The average Bonchev–Trinajstić information content (AvgIpc) is 2.94. The van der Waals surface area contributed by atoms with E-state index in [1.54, 1.807) is 0 Å². The van der Waals surface area contributed by atoms with Crippen LogP contribution in [0.1, 0.15) is 6.42 Å². The SMILES string of the molecule is NC1CC1Nc1ccc([N+](=O)[O-])cc1[N+](=O)[O-]. The zero-order chi connectivity index (χ0) is 12.6. The van der Waals surface area contributed by atoms with E-state index in [0.717, 1.165) is 12.5 Å². The van der Waals surface area contributed by atoms with Gasteiger partial charge in [-0.3, -0.25) is 20.2 Å². The molecule has 0 radical (unpaired) electrons. The molecule has 2 rings (SSSR count). The summed E-state index contributed by atoms with van der Waals surface area (Å²) >= 11 is 0. The molecule has 0 saturated heterocycles. The quantitative estimate of drug-likeness (QED) is 0.595. The maximum Gasteiger partial charge on any atom is 0.299 e. The summed E-state index contributed by atoms with van der Waals surface area (Å²) in [7, 11) is 0. The Morgan fingerprint density at radius 1 is 1.29 bits per heavy atom. The number of nitrogens with zero attached hydrogens (tertiary/aromatic N) is 2. The minimum absolute atomic E-state index is 0.00940. The van der Waals surface area contributed by atoms with Gasteiger partial charge < -0.3 is 11.1 Å². The molecule has 0 heterocycles. The van der Waals surface area contributed by atoms with E-state index in [2.05, 4.69) is 5.32 Å². The molecule has 1 aromatic carbocycles. The highest BCUT2D eigenvalue weighted by atomic mass is 16.6. The van der Waals surface area contributed by atoms with Gasteiger partial charge in [-0.2, -0.15) is 0 Å². The van der Waals surface area contributed by atoms with Crippen molar-refractivity contribution in [2.45, 2.75) is 18.5 Å². The van der Waals surface area contributed by atoms with Crippen LogP contribution in [0, 0.1) is 20.2 Å². The molecule has 0 spiro atoms. The summed E-state index contributed by atoms with van der Waals surface area (Å²) in [6.45, 7) is 0. The van der Waals surface area contributed by atoms with Gasteiger partial charge in [0.15, 0.2) is 0 Å². The third kappa shape index (κ3) is 2.31. The summed E-state index contributed by atoms with van der Waals surface area (Å²) in [5, 5.41) is 24.2. The second-order valence-corrected chi connectivity index (χ2v) is 3.87. The normalized spacial score (nSPS) is 21.9. The van der Waals surface area contributed by atoms with E-state index in [-0.39, 0.29) is 29.1 Å². The Hall–Kier alpha value is -2.22. The predicted molar refractivity (Wildman–Crippen MR) is 59.8 cm³/mol. The van der Waals surface area contributed by atoms with Gasteiger partial charge in [0.05, 0.1) is 15.9 Å². The van der Waals surface area contributed by atoms with Crippen molar-refractivity contribution in [1.29, 1.82) is 0 Å². The molecule has 8 nitrogen and oxygen atoms in total. The van der Waals surface area contributed by atoms with E-state index < -0.39 is 9.85 Å². The Labute approximate surface area is 95.7 Å². The van der Waals surface area contributed by atoms with Gasteiger partial charge in [-0.05, 0) is 12.5 Å². The summed E-state index contributed by atoms with van der Waals surface area (Å²) in [5.41, 5.74) is 5.23. The topological polar surface area (TPSA) is 124 Å². The maximum atomic E-state index is 10.8. The first-order valence-electron chi connectivity index (χ1n) is 4.94. The third-order valence-corrected chi connectivity index (χ3v) is 2.57. The first kappa shape index (κ1) is 11.3. The van der Waals surface area contributed by atoms with Gasteiger partial charge in [0.2, 0.25) is 0 Å². The molecule has 0 amide bonds. The Balaban J connectivity index is 2.31. The molecule has 8 heteroatoms. The van der Waals surface area contributed by atoms with Gasteiger partial charge in [0.25, 0.3) is 11.4 Å². The lowest BCUT2D eigenvalue weighted by Crippen LogP contribution is -2.14. The van der Waals surface area contributed by atoms with E-state index in [9.17, 15) is 20.2 Å². The van der Waals surface area contributed by atoms with Crippen LogP contribution in [0.4, 0.5) is 17.1 Å². The third-order valence-electron chi connectivity index (χ3n) is 2.57. The van der Waals surface area contributed by atoms with Crippen molar-refractivity contribution in [3.8, 4) is 0 Å². The number of hydrogen-bond donors (Lipinski definition) is 2. The predicted octanol–water partition coefficient (Wildman–Crippen LogP) is 1.01. The standard InChI is InChI=1S/C9H10N4O4/c10-6-4-8(6)11-7-2-1-5(12(14)15)3-9(7)13(16)17/h1-3,6,8,11H,4,10H2. The van der Waals surface area contributed by atoms with Crippen LogP contribution >= 0.6 is 0 Å². The number of nitro groups is 2. The minimum Gasteiger partial charge on any atom is -0.375 e. The van der Waals surface area contributed by atoms with Gasteiger partial charge in [0, 0.05) is 18.2 Å². The number of non-ortho nitro benzene ring substituents is 1. The van der Waals surface area contributed by atoms with Crippen molar-refractivity contribution in [1.82, 2.24) is 0 Å². The highest BCUT2D eigenvalue weighted by Gasteiger charge is 2.35. The van der Waals surface area contributed by atoms with Gasteiger partial charge in [-0.25, -0.2) is 0 Å². The zero-order valence-electron chi connectivity index (χ0n) is 8.70. The first-order valence-corrected chi connectivity index (χ1v) is 4.94. The fraction of sp³-hybridized carbons (Fsp3) is 0.333. The molecule has 2 unspecified atom stereocenters. The lowest BCUT2D eigenvalue weighted by molar-refractivity contribution is -0.393. The molecule has 1 aliphatic carbocycles. The van der Waals surface area contributed by atoms with Crippen molar-refractivity contribution in [2.75, 3.05) is 5.32 Å². The highest BCUT2D eigenvalue weighted by molar-refractivity contribution is 5.66. The van der Waals surface area contributed by atoms with Crippen LogP contribution in [0.15, 0.2) is 18.2 Å². The number of nitrogens with one attached hydrogen (secondary N) is 1. The molecule has 0 aliphatic heterocycles. The Morgan fingerprint density at radius 2 is 1.94 bits per heavy atom. The molecule has 1 saturated carbocycles. The van der Waals surface area contributed by atoms with Gasteiger partial charge in [-0.1, -0.05) is 0 Å². The summed E-state index contributed by atoms with van der Waals surface area (Å²) in [6.07, 6.45) is 0.744. The van der Waals surface area contributed by atoms with E-state index >= 15 is 0 Å². The van der Waals surface area contributed by atoms with Gasteiger partial charge >= 0.3 is 0 Å². The molecule has 0 aromatic heterocycles. The van der Waals surface area contributed by atoms with E-state index in [1.807, 2.05) is 0 Å². The molecule has 0 bridgehead atoms. The number of hydrogen-bond acceptors (Lipinski definition) is 6. The molecule has 90 valence electrons. The number of benzene rings is 1. The maximum absolute atomic E-state index is 10.8. The molecule has 1 aromatic rings. The van der Waals surface area contributed by atoms with Crippen LogP contribution in [0.2, 0.25) is 0 Å². The zero-order valence-corrected chi connectivity index (χ0v) is 8.70. The van der Waals surface area contributed by atoms with Gasteiger partial charge in [-0.15, -0.1) is 0 Å². The molecule has 1 aliphatic rings. The van der Waals surface area contributed by atoms with Crippen LogP contribution in [0.25, 0.3) is 0 Å². The van der Waals surface area contributed by atoms with Crippen LogP contribution in [-0.4, -0.2) is 21.9 Å². The monoisotopic (exact) mass is 238 g/mol. The van der Waals surface area contributed by atoms with Crippen molar-refractivity contribution in [2.24, 2.45) is 5.73 Å². The van der Waals surface area contributed by atoms with E-state index in [4.69, 9.17) is 5.73 Å². The van der Waals surface area contributed by atoms with Crippen LogP contribution < -0.4 is 11.1 Å². The van der Waals surface area contributed by atoms with E-state index in [0.29, 0.717) is 0 Å². The van der Waals surface area contributed by atoms with Crippen LogP contribution in [0.5, 0.6) is 0 Å². The van der Waals surface area contributed by atoms with Gasteiger partial charge in [0.1, 0.15) is 5.69 Å². The fourth-order valence-corrected chi connectivity index (χ4v) is 1.49. The van der Waals surface area contributed by atoms with E-state index in [1.165, 1.54) is 12.1 Å². The second-order valence-electron chi connectivity index (χ2n) is 3.87. The lowest BCUT2D eigenvalue weighted by Gasteiger charge is -2.05. The Kier molecular flexibility index (Phi) is 2.64. The summed E-state index contributed by atoms with van der Waals surface area (Å²) in [4.78, 5) is 20.0. The lowest BCUT2D eigenvalue weighted by atomic mass is 10.2. The smallest absolute Gasteiger partial charge is 0.299 e. The molecule has 1 fully saturated rings. The van der Waals surface area contributed by atoms with Crippen molar-refractivity contribution >= 4 is 17.1 Å². The van der Waals surface area contributed by atoms with Crippen LogP contribution in [-0.2, 0) is 0 Å². The fourth-order valence-electron chi connectivity index (χ4n) is 1.49. The summed E-state index contributed by atoms with van der Waals surface area (Å²) < 4.78 is 0. The summed E-state index contributed by atoms with van der Waals surface area (Å²) in [5.74, 6) is 0. The average molecular weight is 238 g/mol. The molecular formula is C9H10N4O4. The Bertz CT molecular complexity index is 490. The summed E-state index contributed by atoms with van der Waals surface area (Å²) in [6, 6.07) is 3.50. The molecule has 17 heavy (non-hydrogen) atoms. The van der Waals surface area contributed by atoms with Crippen molar-refractivity contribution in [3.63, 3.8) is 0 Å². The van der Waals surface area contributed by atoms with Crippen LogP contribution in [0.3, 0.4) is 0 Å². The minimum atomic E-state index is -0.667. The number of nitro benzene ring substituents is 2.